The van der Waals surface area contributed by atoms with Crippen molar-refractivity contribution in [3.63, 3.8) is 0 Å². The maximum atomic E-state index is 12.6. The zero-order valence-corrected chi connectivity index (χ0v) is 21.0. The number of aliphatic imine (C=N–C) groups is 1. The number of fused-ring (bicyclic) bond motifs is 1. The number of hydrogen-bond acceptors (Lipinski definition) is 4. The van der Waals surface area contributed by atoms with Crippen LogP contribution in [0.3, 0.4) is 0 Å². The van der Waals surface area contributed by atoms with Crippen LogP contribution in [0.25, 0.3) is 0 Å². The summed E-state index contributed by atoms with van der Waals surface area (Å²) < 4.78 is 41.9. The maximum Gasteiger partial charge on any atom is 0.573 e. The largest absolute Gasteiger partial charge is 0.573 e. The predicted octanol–water partition coefficient (Wildman–Crippen LogP) is 5.07. The Balaban J connectivity index is 0.00000216. The van der Waals surface area contributed by atoms with Gasteiger partial charge >= 0.3 is 6.36 Å². The summed E-state index contributed by atoms with van der Waals surface area (Å²) in [5.41, 5.74) is 8.26. The fraction of sp³-hybridized carbons (Fsp3) is 0.458. The zero-order valence-electron chi connectivity index (χ0n) is 19.4. The minimum Gasteiger partial charge on any atom is -0.406 e. The van der Waals surface area contributed by atoms with Crippen LogP contribution in [0.5, 0.6) is 5.75 Å². The molecule has 0 aromatic heterocycles. The van der Waals surface area contributed by atoms with Crippen LogP contribution < -0.4 is 26.4 Å². The Hall–Kier alpha value is -2.20. The van der Waals surface area contributed by atoms with Crippen molar-refractivity contribution >= 4 is 36.5 Å². The van der Waals surface area contributed by atoms with Crippen LogP contribution in [0, 0.1) is 0 Å². The second-order valence-corrected chi connectivity index (χ2v) is 8.84. The number of halogens is 5. The highest BCUT2D eigenvalue weighted by molar-refractivity contribution is 5.97. The fourth-order valence-electron chi connectivity index (χ4n) is 4.52. The molecule has 5 N–H and O–H groups in total. The summed E-state index contributed by atoms with van der Waals surface area (Å²) in [7, 11) is 0. The average Bonchev–Trinajstić information content (AvgIpc) is 2.75. The molecular formula is C24H32Cl2F3N5O. The molecule has 194 valence electrons. The fourth-order valence-corrected chi connectivity index (χ4v) is 4.52. The van der Waals surface area contributed by atoms with Crippen molar-refractivity contribution in [2.75, 3.05) is 11.9 Å². The highest BCUT2D eigenvalue weighted by Crippen LogP contribution is 2.29. The predicted molar refractivity (Wildman–Crippen MR) is 138 cm³/mol. The van der Waals surface area contributed by atoms with Crippen LogP contribution in [0.1, 0.15) is 43.7 Å². The molecule has 1 fully saturated rings. The Morgan fingerprint density at radius 2 is 1.71 bits per heavy atom. The number of nitrogens with zero attached hydrogens (tertiary/aromatic N) is 1. The monoisotopic (exact) mass is 533 g/mol. The minimum atomic E-state index is -4.69. The topological polar surface area (TPSA) is 83.7 Å². The molecule has 0 radical (unpaired) electrons. The van der Waals surface area contributed by atoms with Gasteiger partial charge in [0.25, 0.3) is 0 Å². The average molecular weight is 534 g/mol. The first kappa shape index (κ1) is 29.0. The summed E-state index contributed by atoms with van der Waals surface area (Å²) >= 11 is 0. The molecule has 2 aliphatic rings. The molecule has 2 aromatic carbocycles. The second-order valence-electron chi connectivity index (χ2n) is 8.84. The van der Waals surface area contributed by atoms with Crippen molar-refractivity contribution in [3.05, 3.63) is 59.7 Å². The molecule has 0 amide bonds. The van der Waals surface area contributed by atoms with Crippen LogP contribution in [-0.2, 0) is 12.1 Å². The van der Waals surface area contributed by atoms with Gasteiger partial charge in [-0.1, -0.05) is 36.4 Å². The molecule has 35 heavy (non-hydrogen) atoms. The van der Waals surface area contributed by atoms with Crippen LogP contribution in [-0.4, -0.2) is 31.0 Å². The van der Waals surface area contributed by atoms with Gasteiger partial charge in [0.1, 0.15) is 11.4 Å². The SMILES string of the molecule is CC1(N)NC(=NC2CCC(NCCc3ccccc3OC(F)(F)F)CC2)Nc2ccccc21.Cl.Cl. The Kier molecular flexibility index (Phi) is 10.1. The lowest BCUT2D eigenvalue weighted by atomic mass is 9.91. The summed E-state index contributed by atoms with van der Waals surface area (Å²) in [6.45, 7) is 2.52. The van der Waals surface area contributed by atoms with E-state index in [-0.39, 0.29) is 36.6 Å². The summed E-state index contributed by atoms with van der Waals surface area (Å²) in [6.07, 6.45) is -0.439. The summed E-state index contributed by atoms with van der Waals surface area (Å²) in [4.78, 5) is 4.86. The molecule has 1 unspecified atom stereocenters. The molecule has 1 aliphatic heterocycles. The third-order valence-corrected chi connectivity index (χ3v) is 6.15. The van der Waals surface area contributed by atoms with Crippen molar-refractivity contribution in [1.82, 2.24) is 10.6 Å². The van der Waals surface area contributed by atoms with E-state index < -0.39 is 12.0 Å². The molecular weight excluding hydrogens is 502 g/mol. The van der Waals surface area contributed by atoms with E-state index in [1.807, 2.05) is 31.2 Å². The van der Waals surface area contributed by atoms with Crippen molar-refractivity contribution < 1.29 is 17.9 Å². The molecule has 2 aromatic rings. The zero-order chi connectivity index (χ0) is 23.5. The molecule has 0 spiro atoms. The smallest absolute Gasteiger partial charge is 0.406 e. The molecule has 4 rings (SSSR count). The third kappa shape index (κ3) is 7.90. The highest BCUT2D eigenvalue weighted by atomic mass is 35.5. The number of para-hydroxylation sites is 2. The number of benzene rings is 2. The number of hydrogen-bond donors (Lipinski definition) is 4. The summed E-state index contributed by atoms with van der Waals surface area (Å²) in [5, 5.41) is 10.1. The lowest BCUT2D eigenvalue weighted by Crippen LogP contribution is -2.56. The lowest BCUT2D eigenvalue weighted by molar-refractivity contribution is -0.274. The normalized spacial score (nSPS) is 24.8. The number of anilines is 1. The quantitative estimate of drug-likeness (QED) is 0.416. The van der Waals surface area contributed by atoms with E-state index in [1.165, 1.54) is 6.07 Å². The van der Waals surface area contributed by atoms with E-state index in [0.29, 0.717) is 30.5 Å². The van der Waals surface area contributed by atoms with Crippen LogP contribution in [0.4, 0.5) is 18.9 Å². The van der Waals surface area contributed by atoms with E-state index in [0.717, 1.165) is 36.9 Å². The maximum absolute atomic E-state index is 12.6. The van der Waals surface area contributed by atoms with Gasteiger partial charge in [-0.05, 0) is 63.3 Å². The third-order valence-electron chi connectivity index (χ3n) is 6.15. The number of ether oxygens (including phenoxy) is 1. The van der Waals surface area contributed by atoms with Crippen molar-refractivity contribution in [3.8, 4) is 5.75 Å². The van der Waals surface area contributed by atoms with Crippen LogP contribution in [0.2, 0.25) is 0 Å². The molecule has 6 nitrogen and oxygen atoms in total. The molecule has 0 saturated heterocycles. The molecule has 1 heterocycles. The first-order valence-corrected chi connectivity index (χ1v) is 11.3. The van der Waals surface area contributed by atoms with E-state index in [1.54, 1.807) is 18.2 Å². The first-order valence-electron chi connectivity index (χ1n) is 11.3. The van der Waals surface area contributed by atoms with Gasteiger partial charge in [0.15, 0.2) is 5.96 Å². The molecule has 0 bridgehead atoms. The number of nitrogens with two attached hydrogens (primary N) is 1. The van der Waals surface area contributed by atoms with Crippen molar-refractivity contribution in [2.45, 2.75) is 63.1 Å². The molecule has 1 saturated carbocycles. The number of alkyl halides is 3. The first-order chi connectivity index (χ1) is 15.7. The molecule has 11 heteroatoms. The van der Waals surface area contributed by atoms with Crippen molar-refractivity contribution in [2.24, 2.45) is 10.7 Å². The van der Waals surface area contributed by atoms with Gasteiger partial charge in [0, 0.05) is 17.3 Å². The van der Waals surface area contributed by atoms with E-state index in [4.69, 9.17) is 10.7 Å². The summed E-state index contributed by atoms with van der Waals surface area (Å²) in [5.74, 6) is 0.559. The van der Waals surface area contributed by atoms with Gasteiger partial charge in [-0.3, -0.25) is 0 Å². The number of rotatable bonds is 6. The second kappa shape index (κ2) is 12.2. The van der Waals surface area contributed by atoms with Gasteiger partial charge in [0.05, 0.1) is 6.04 Å². The van der Waals surface area contributed by atoms with E-state index in [9.17, 15) is 13.2 Å². The van der Waals surface area contributed by atoms with Gasteiger partial charge in [-0.2, -0.15) is 0 Å². The van der Waals surface area contributed by atoms with Crippen LogP contribution in [0.15, 0.2) is 53.5 Å². The van der Waals surface area contributed by atoms with Crippen LogP contribution >= 0.6 is 24.8 Å². The minimum absolute atomic E-state index is 0. The summed E-state index contributed by atoms with van der Waals surface area (Å²) in [6, 6.07) is 14.7. The standard InChI is InChI=1S/C24H30F3N5O.2ClH/c1-23(28)19-7-3-4-8-20(19)31-22(32-23)30-18-12-10-17(11-13-18)29-15-14-16-6-2-5-9-21(16)33-24(25,26)27;;/h2-9,17-18,29H,10-15,28H2,1H3,(H2,30,31,32);2*1H. The Morgan fingerprint density at radius 3 is 2.43 bits per heavy atom. The van der Waals surface area contributed by atoms with Gasteiger partial charge < -0.3 is 26.4 Å². The lowest BCUT2D eigenvalue weighted by Gasteiger charge is -2.36. The Morgan fingerprint density at radius 1 is 1.06 bits per heavy atom. The van der Waals surface area contributed by atoms with E-state index in [2.05, 4.69) is 20.7 Å². The molecule has 1 aliphatic carbocycles. The van der Waals surface area contributed by atoms with Gasteiger partial charge in [0.2, 0.25) is 0 Å². The Labute approximate surface area is 216 Å². The number of guanidine groups is 1. The van der Waals surface area contributed by atoms with E-state index >= 15 is 0 Å². The Bertz CT molecular complexity index is 995. The number of nitrogens with one attached hydrogen (secondary N) is 3. The highest BCUT2D eigenvalue weighted by Gasteiger charge is 2.32. The van der Waals surface area contributed by atoms with Crippen molar-refractivity contribution in [1.29, 1.82) is 0 Å². The van der Waals surface area contributed by atoms with Gasteiger partial charge in [-0.15, -0.1) is 38.0 Å². The van der Waals surface area contributed by atoms with Gasteiger partial charge in [-0.25, -0.2) is 4.99 Å². The molecule has 1 atom stereocenters.